The second kappa shape index (κ2) is 13.2. The molecular weight excluding hydrogens is 432 g/mol. The molecule has 0 aliphatic carbocycles. The number of nitrogens with two attached hydrogens (primary N) is 3. The number of aromatic nitrogens is 3. The average molecular weight is 467 g/mol. The van der Waals surface area contributed by atoms with Gasteiger partial charge in [0.05, 0.1) is 0 Å². The SMILES string of the molecule is NCCCCNc1nc(N2CCC(C(=O)N[C@@H](CCCN=C(N)N)C(=O)O)CC2)nc(=O)[nH]1. The number of carbonyl (C=O) groups is 2. The average Bonchev–Trinajstić information content (AvgIpc) is 2.78. The lowest BCUT2D eigenvalue weighted by atomic mass is 9.95. The van der Waals surface area contributed by atoms with Gasteiger partial charge in [-0.15, -0.1) is 0 Å². The van der Waals surface area contributed by atoms with E-state index >= 15 is 0 Å². The molecule has 1 aliphatic rings. The van der Waals surface area contributed by atoms with E-state index < -0.39 is 17.7 Å². The Morgan fingerprint density at radius 3 is 2.58 bits per heavy atom. The molecule has 0 unspecified atom stereocenters. The summed E-state index contributed by atoms with van der Waals surface area (Å²) in [5.41, 5.74) is 15.5. The summed E-state index contributed by atoms with van der Waals surface area (Å²) in [4.78, 5) is 52.5. The number of nitrogens with one attached hydrogen (secondary N) is 3. The molecule has 2 rings (SSSR count). The topological polar surface area (TPSA) is 231 Å². The molecule has 1 atom stereocenters. The highest BCUT2D eigenvalue weighted by Gasteiger charge is 2.29. The molecule has 0 saturated carbocycles. The predicted molar refractivity (Wildman–Crippen MR) is 124 cm³/mol. The van der Waals surface area contributed by atoms with Crippen molar-refractivity contribution in [2.75, 3.05) is 42.9 Å². The van der Waals surface area contributed by atoms with E-state index in [2.05, 4.69) is 30.6 Å². The van der Waals surface area contributed by atoms with Gasteiger partial charge in [0.15, 0.2) is 5.96 Å². The zero-order chi connectivity index (χ0) is 24.2. The van der Waals surface area contributed by atoms with Crippen molar-refractivity contribution in [2.45, 2.75) is 44.6 Å². The first-order valence-electron chi connectivity index (χ1n) is 11.1. The Morgan fingerprint density at radius 2 is 1.94 bits per heavy atom. The molecule has 14 heteroatoms. The Labute approximate surface area is 191 Å². The monoisotopic (exact) mass is 466 g/mol. The van der Waals surface area contributed by atoms with Gasteiger partial charge in [-0.25, -0.2) is 9.59 Å². The van der Waals surface area contributed by atoms with E-state index in [4.69, 9.17) is 17.2 Å². The number of piperidine rings is 1. The molecule has 184 valence electrons. The first-order chi connectivity index (χ1) is 15.8. The molecule has 0 aromatic carbocycles. The van der Waals surface area contributed by atoms with Gasteiger partial charge in [0.1, 0.15) is 6.04 Å². The van der Waals surface area contributed by atoms with Crippen LogP contribution >= 0.6 is 0 Å². The molecule has 0 spiro atoms. The Balaban J connectivity index is 1.87. The third-order valence-electron chi connectivity index (χ3n) is 5.27. The maximum absolute atomic E-state index is 12.6. The number of nitrogens with zero attached hydrogens (tertiary/aromatic N) is 4. The number of aromatic amines is 1. The minimum absolute atomic E-state index is 0.0587. The lowest BCUT2D eigenvalue weighted by Gasteiger charge is -2.31. The number of guanidine groups is 1. The van der Waals surface area contributed by atoms with Gasteiger partial charge >= 0.3 is 11.7 Å². The Bertz CT molecular complexity index is 862. The van der Waals surface area contributed by atoms with E-state index in [1.165, 1.54) is 0 Å². The summed E-state index contributed by atoms with van der Waals surface area (Å²) in [7, 11) is 0. The number of hydrogen-bond donors (Lipinski definition) is 7. The Kier molecular flexibility index (Phi) is 10.3. The van der Waals surface area contributed by atoms with Crippen molar-refractivity contribution in [3.63, 3.8) is 0 Å². The van der Waals surface area contributed by atoms with Crippen LogP contribution < -0.4 is 38.4 Å². The standard InChI is InChI=1S/C19H34N10O4/c20-7-1-2-8-24-17-26-18(28-19(33)27-17)29-10-5-12(6-11-29)14(30)25-13(15(31)32)4-3-9-23-16(21)22/h12-13H,1-11,20H2,(H,25,30)(H,31,32)(H4,21,22,23)(H2,24,26,27,28,33)/t13-/m0/s1. The third-order valence-corrected chi connectivity index (χ3v) is 5.27. The van der Waals surface area contributed by atoms with Gasteiger partial charge in [-0.05, 0) is 45.1 Å². The van der Waals surface area contributed by atoms with Gasteiger partial charge in [-0.2, -0.15) is 9.97 Å². The van der Waals surface area contributed by atoms with Crippen LogP contribution in [0.25, 0.3) is 0 Å². The highest BCUT2D eigenvalue weighted by Crippen LogP contribution is 2.21. The Morgan fingerprint density at radius 1 is 1.21 bits per heavy atom. The van der Waals surface area contributed by atoms with Crippen LogP contribution in [0.3, 0.4) is 0 Å². The van der Waals surface area contributed by atoms with Crippen molar-refractivity contribution in [3.05, 3.63) is 10.5 Å². The summed E-state index contributed by atoms with van der Waals surface area (Å²) >= 11 is 0. The summed E-state index contributed by atoms with van der Waals surface area (Å²) in [6.45, 7) is 2.46. The van der Waals surface area contributed by atoms with Gasteiger partial charge < -0.3 is 37.8 Å². The van der Waals surface area contributed by atoms with Gasteiger partial charge in [-0.1, -0.05) is 0 Å². The second-order valence-corrected chi connectivity index (χ2v) is 7.83. The van der Waals surface area contributed by atoms with Gasteiger partial charge in [0.2, 0.25) is 17.8 Å². The molecule has 1 aromatic rings. The van der Waals surface area contributed by atoms with Crippen LogP contribution in [0.5, 0.6) is 0 Å². The van der Waals surface area contributed by atoms with Gasteiger partial charge in [0, 0.05) is 32.1 Å². The molecule has 1 amide bonds. The van der Waals surface area contributed by atoms with Crippen molar-refractivity contribution in [3.8, 4) is 0 Å². The minimum atomic E-state index is -1.10. The molecule has 1 aliphatic heterocycles. The van der Waals surface area contributed by atoms with E-state index in [1.54, 1.807) is 0 Å². The fourth-order valence-corrected chi connectivity index (χ4v) is 3.47. The summed E-state index contributed by atoms with van der Waals surface area (Å²) in [6.07, 6.45) is 3.34. The normalized spacial score (nSPS) is 15.0. The van der Waals surface area contributed by atoms with E-state index in [-0.39, 0.29) is 24.2 Å². The summed E-state index contributed by atoms with van der Waals surface area (Å²) in [5.74, 6) is -1.17. The first-order valence-corrected chi connectivity index (χ1v) is 11.1. The van der Waals surface area contributed by atoms with E-state index in [1.807, 2.05) is 4.90 Å². The number of H-pyrrole nitrogens is 1. The summed E-state index contributed by atoms with van der Waals surface area (Å²) in [5, 5.41) is 15.1. The number of rotatable bonds is 13. The van der Waals surface area contributed by atoms with Crippen molar-refractivity contribution in [2.24, 2.45) is 28.1 Å². The highest BCUT2D eigenvalue weighted by atomic mass is 16.4. The van der Waals surface area contributed by atoms with E-state index in [0.29, 0.717) is 63.9 Å². The number of unbranched alkanes of at least 4 members (excludes halogenated alkanes) is 1. The van der Waals surface area contributed by atoms with Gasteiger partial charge in [-0.3, -0.25) is 14.8 Å². The molecule has 2 heterocycles. The number of carboxylic acid groups (broad SMARTS) is 1. The molecule has 1 fully saturated rings. The maximum Gasteiger partial charge on any atom is 0.350 e. The largest absolute Gasteiger partial charge is 0.480 e. The number of carbonyl (C=O) groups excluding carboxylic acids is 1. The number of amides is 1. The second-order valence-electron chi connectivity index (χ2n) is 7.83. The molecular formula is C19H34N10O4. The maximum atomic E-state index is 12.6. The first kappa shape index (κ1) is 25.8. The number of aliphatic carboxylic acids is 1. The third kappa shape index (κ3) is 8.92. The fraction of sp³-hybridized carbons (Fsp3) is 0.684. The molecule has 0 bridgehead atoms. The molecule has 1 aromatic heterocycles. The number of carboxylic acids is 1. The Hall–Kier alpha value is -3.42. The van der Waals surface area contributed by atoms with Crippen LogP contribution in [0.4, 0.5) is 11.9 Å². The molecule has 14 nitrogen and oxygen atoms in total. The van der Waals surface area contributed by atoms with E-state index in [9.17, 15) is 19.5 Å². The van der Waals surface area contributed by atoms with Crippen molar-refractivity contribution in [1.29, 1.82) is 0 Å². The fourth-order valence-electron chi connectivity index (χ4n) is 3.47. The molecule has 0 radical (unpaired) electrons. The lowest BCUT2D eigenvalue weighted by Crippen LogP contribution is -2.47. The van der Waals surface area contributed by atoms with Crippen LogP contribution in [0, 0.1) is 5.92 Å². The highest BCUT2D eigenvalue weighted by molar-refractivity contribution is 5.85. The van der Waals surface area contributed by atoms with Crippen molar-refractivity contribution >= 4 is 29.7 Å². The zero-order valence-electron chi connectivity index (χ0n) is 18.6. The number of anilines is 2. The lowest BCUT2D eigenvalue weighted by molar-refractivity contribution is -0.142. The van der Waals surface area contributed by atoms with Crippen LogP contribution in [-0.4, -0.2) is 76.7 Å². The quantitative estimate of drug-likeness (QED) is 0.0968. The molecule has 1 saturated heterocycles. The predicted octanol–water partition coefficient (Wildman–Crippen LogP) is -1.84. The smallest absolute Gasteiger partial charge is 0.350 e. The van der Waals surface area contributed by atoms with E-state index in [0.717, 1.165) is 12.8 Å². The van der Waals surface area contributed by atoms with Crippen molar-refractivity contribution in [1.82, 2.24) is 20.3 Å². The van der Waals surface area contributed by atoms with Crippen molar-refractivity contribution < 1.29 is 14.7 Å². The summed E-state index contributed by atoms with van der Waals surface area (Å²) < 4.78 is 0. The molecule has 10 N–H and O–H groups in total. The van der Waals surface area contributed by atoms with Crippen LogP contribution in [0.2, 0.25) is 0 Å². The summed E-state index contributed by atoms with van der Waals surface area (Å²) in [6, 6.07) is -1.01. The number of hydrogen-bond acceptors (Lipinski definition) is 9. The van der Waals surface area contributed by atoms with Crippen LogP contribution in [-0.2, 0) is 9.59 Å². The molecule has 33 heavy (non-hydrogen) atoms. The van der Waals surface area contributed by atoms with Crippen LogP contribution in [0.1, 0.15) is 38.5 Å². The van der Waals surface area contributed by atoms with Crippen LogP contribution in [0.15, 0.2) is 9.79 Å². The number of aliphatic imine (C=N–C) groups is 1. The van der Waals surface area contributed by atoms with Gasteiger partial charge in [0.25, 0.3) is 0 Å². The zero-order valence-corrected chi connectivity index (χ0v) is 18.6. The minimum Gasteiger partial charge on any atom is -0.480 e.